The Balaban J connectivity index is 2.38. The summed E-state index contributed by atoms with van der Waals surface area (Å²) in [5, 5.41) is 4.60. The summed E-state index contributed by atoms with van der Waals surface area (Å²) in [5.41, 5.74) is 8.48. The number of allylic oxidation sites excluding steroid dienone is 6. The largest absolute Gasteiger partial charge is 0.312 e. The Hall–Kier alpha value is -2.17. The number of halogens is 1. The monoisotopic (exact) mass is 450 g/mol. The molecule has 1 aromatic carbocycles. The molecule has 0 radical (unpaired) electrons. The minimum atomic E-state index is -0.182. The van der Waals surface area contributed by atoms with E-state index < -0.39 is 0 Å². The number of benzene rings is 1. The van der Waals surface area contributed by atoms with Crippen LogP contribution in [0.5, 0.6) is 0 Å². The first-order valence-electron chi connectivity index (χ1n) is 11.4. The molecule has 2 nitrogen and oxygen atoms in total. The normalized spacial score (nSPS) is 17.8. The quantitative estimate of drug-likeness (QED) is 0.329. The van der Waals surface area contributed by atoms with E-state index in [2.05, 4.69) is 52.2 Å². The van der Waals surface area contributed by atoms with Gasteiger partial charge >= 0.3 is 0 Å². The molecule has 0 aliphatic carbocycles. The zero-order valence-corrected chi connectivity index (χ0v) is 21.0. The van der Waals surface area contributed by atoms with Gasteiger partial charge < -0.3 is 5.32 Å². The minimum Gasteiger partial charge on any atom is -0.312 e. The Bertz CT molecular complexity index is 1130. The van der Waals surface area contributed by atoms with E-state index >= 15 is 0 Å². The molecular formula is C28H35FN2S. The summed E-state index contributed by atoms with van der Waals surface area (Å²) in [4.78, 5) is 6.09. The van der Waals surface area contributed by atoms with Crippen molar-refractivity contribution in [2.45, 2.75) is 58.4 Å². The van der Waals surface area contributed by atoms with Crippen molar-refractivity contribution >= 4 is 28.2 Å². The Morgan fingerprint density at radius 2 is 2.09 bits per heavy atom. The van der Waals surface area contributed by atoms with Crippen LogP contribution in [0.1, 0.15) is 62.5 Å². The number of pyridine rings is 1. The fraction of sp³-hybridized carbons (Fsp3) is 0.393. The van der Waals surface area contributed by atoms with Crippen LogP contribution >= 0.6 is 11.8 Å². The van der Waals surface area contributed by atoms with Crippen molar-refractivity contribution in [1.82, 2.24) is 10.3 Å². The van der Waals surface area contributed by atoms with Crippen LogP contribution in [-0.2, 0) is 6.42 Å². The molecule has 2 atom stereocenters. The van der Waals surface area contributed by atoms with Crippen LogP contribution in [0.15, 0.2) is 53.5 Å². The summed E-state index contributed by atoms with van der Waals surface area (Å²) in [7, 11) is 2.00. The number of nitrogens with zero attached hydrogens (tertiary/aromatic N) is 1. The zero-order chi connectivity index (χ0) is 23.6. The third-order valence-electron chi connectivity index (χ3n) is 6.59. The summed E-state index contributed by atoms with van der Waals surface area (Å²) in [5.74, 6) is 0.908. The third-order valence-corrected chi connectivity index (χ3v) is 7.89. The van der Waals surface area contributed by atoms with Gasteiger partial charge in [-0.05, 0) is 73.1 Å². The molecule has 1 N–H and O–H groups in total. The number of nitrogens with one attached hydrogen (secondary N) is 1. The van der Waals surface area contributed by atoms with E-state index in [9.17, 15) is 4.39 Å². The Morgan fingerprint density at radius 1 is 1.38 bits per heavy atom. The molecule has 1 aliphatic heterocycles. The Labute approximate surface area is 196 Å². The van der Waals surface area contributed by atoms with Crippen LogP contribution < -0.4 is 5.32 Å². The number of rotatable bonds is 8. The van der Waals surface area contributed by atoms with Crippen LogP contribution in [0.3, 0.4) is 0 Å². The predicted molar refractivity (Wildman–Crippen MR) is 139 cm³/mol. The maximum Gasteiger partial charge on any atom is 0.129 e. The molecule has 32 heavy (non-hydrogen) atoms. The van der Waals surface area contributed by atoms with Gasteiger partial charge in [0.25, 0.3) is 0 Å². The second kappa shape index (κ2) is 10.2. The number of hydrogen-bond donors (Lipinski definition) is 1. The number of aromatic nitrogens is 1. The molecule has 1 aliphatic rings. The lowest BCUT2D eigenvalue weighted by Gasteiger charge is -2.30. The number of hydrogen-bond acceptors (Lipinski definition) is 3. The van der Waals surface area contributed by atoms with Crippen LogP contribution in [0.25, 0.3) is 16.5 Å². The van der Waals surface area contributed by atoms with Crippen molar-refractivity contribution in [1.29, 1.82) is 0 Å². The van der Waals surface area contributed by atoms with Gasteiger partial charge in [-0.15, -0.1) is 18.3 Å². The average Bonchev–Trinajstić information content (AvgIpc) is 2.81. The molecule has 170 valence electrons. The minimum absolute atomic E-state index is 0.182. The highest BCUT2D eigenvalue weighted by atomic mass is 32.2. The fourth-order valence-corrected chi connectivity index (χ4v) is 6.01. The second-order valence-electron chi connectivity index (χ2n) is 8.46. The smallest absolute Gasteiger partial charge is 0.129 e. The SMILES string of the molecule is C=C/C(CC)=C(\C=C(/C)c1nc2cc(F)c(C)c3c2c(c1CC)C(NC)CS3)C(C)C=C. The molecule has 0 fully saturated rings. The first-order valence-corrected chi connectivity index (χ1v) is 12.4. The summed E-state index contributed by atoms with van der Waals surface area (Å²) < 4.78 is 14.8. The first-order chi connectivity index (χ1) is 15.3. The van der Waals surface area contributed by atoms with E-state index in [0.717, 1.165) is 51.2 Å². The Morgan fingerprint density at radius 3 is 2.66 bits per heavy atom. The summed E-state index contributed by atoms with van der Waals surface area (Å²) in [6, 6.07) is 1.82. The summed E-state index contributed by atoms with van der Waals surface area (Å²) in [6.07, 6.45) is 7.91. The molecule has 0 amide bonds. The van der Waals surface area contributed by atoms with E-state index in [1.54, 1.807) is 17.8 Å². The average molecular weight is 451 g/mol. The molecule has 3 rings (SSSR count). The van der Waals surface area contributed by atoms with Crippen molar-refractivity contribution in [3.8, 4) is 0 Å². The predicted octanol–water partition coefficient (Wildman–Crippen LogP) is 7.73. The topological polar surface area (TPSA) is 24.9 Å². The van der Waals surface area contributed by atoms with E-state index in [0.29, 0.717) is 0 Å². The lowest BCUT2D eigenvalue weighted by atomic mass is 9.88. The summed E-state index contributed by atoms with van der Waals surface area (Å²) >= 11 is 1.73. The number of thioether (sulfide) groups is 1. The van der Waals surface area contributed by atoms with Crippen LogP contribution in [0.4, 0.5) is 4.39 Å². The fourth-order valence-electron chi connectivity index (χ4n) is 4.67. The van der Waals surface area contributed by atoms with Crippen molar-refractivity contribution in [3.63, 3.8) is 0 Å². The molecule has 2 unspecified atom stereocenters. The van der Waals surface area contributed by atoms with Crippen molar-refractivity contribution in [3.05, 3.63) is 76.8 Å². The van der Waals surface area contributed by atoms with Gasteiger partial charge in [0, 0.05) is 28.1 Å². The van der Waals surface area contributed by atoms with Crippen molar-refractivity contribution in [2.24, 2.45) is 5.92 Å². The standard InChI is InChI=1S/C28H35FN2S/c1-9-16(5)21(19(10-2)11-3)13-17(6)27-20(12-4)25-24(30-8)15-32-28-18(7)22(29)14-23(31-27)26(25)28/h9-10,13-14,16,24,30H,1-2,11-12,15H2,3-8H3/b17-13+,21-19-. The lowest BCUT2D eigenvalue weighted by molar-refractivity contribution is 0.613. The van der Waals surface area contributed by atoms with Gasteiger partial charge in [-0.25, -0.2) is 9.37 Å². The highest BCUT2D eigenvalue weighted by molar-refractivity contribution is 7.99. The van der Waals surface area contributed by atoms with Crippen molar-refractivity contribution < 1.29 is 4.39 Å². The molecule has 0 saturated heterocycles. The molecule has 0 bridgehead atoms. The molecule has 1 aromatic heterocycles. The second-order valence-corrected chi connectivity index (χ2v) is 9.49. The van der Waals surface area contributed by atoms with Gasteiger partial charge in [0.1, 0.15) is 5.82 Å². The van der Waals surface area contributed by atoms with Crippen LogP contribution in [-0.4, -0.2) is 17.8 Å². The molecule has 4 heteroatoms. The first kappa shape index (κ1) is 24.5. The van der Waals surface area contributed by atoms with E-state index in [-0.39, 0.29) is 17.8 Å². The molecule has 2 aromatic rings. The molecular weight excluding hydrogens is 415 g/mol. The van der Waals surface area contributed by atoms with E-state index in [4.69, 9.17) is 4.98 Å². The Kier molecular flexibility index (Phi) is 7.79. The van der Waals surface area contributed by atoms with Gasteiger partial charge in [-0.3, -0.25) is 0 Å². The zero-order valence-electron chi connectivity index (χ0n) is 20.2. The van der Waals surface area contributed by atoms with Crippen molar-refractivity contribution in [2.75, 3.05) is 12.8 Å². The maximum atomic E-state index is 14.8. The van der Waals surface area contributed by atoms with Gasteiger partial charge in [0.15, 0.2) is 0 Å². The van der Waals surface area contributed by atoms with Gasteiger partial charge in [-0.1, -0.05) is 45.6 Å². The van der Waals surface area contributed by atoms with Gasteiger partial charge in [-0.2, -0.15) is 0 Å². The van der Waals surface area contributed by atoms with Crippen LogP contribution in [0, 0.1) is 18.7 Å². The molecule has 2 heterocycles. The maximum absolute atomic E-state index is 14.8. The van der Waals surface area contributed by atoms with Gasteiger partial charge in [0.05, 0.1) is 11.2 Å². The molecule has 0 saturated carbocycles. The van der Waals surface area contributed by atoms with E-state index in [1.807, 2.05) is 26.1 Å². The lowest BCUT2D eigenvalue weighted by Crippen LogP contribution is -2.24. The third kappa shape index (κ3) is 4.23. The van der Waals surface area contributed by atoms with Gasteiger partial charge in [0.2, 0.25) is 0 Å². The molecule has 0 spiro atoms. The summed E-state index contributed by atoms with van der Waals surface area (Å²) in [6.45, 7) is 18.5. The van der Waals surface area contributed by atoms with Crippen LogP contribution in [0.2, 0.25) is 0 Å². The van der Waals surface area contributed by atoms with E-state index in [1.165, 1.54) is 22.3 Å². The highest BCUT2D eigenvalue weighted by Gasteiger charge is 2.29. The highest BCUT2D eigenvalue weighted by Crippen LogP contribution is 2.45.